The van der Waals surface area contributed by atoms with Crippen LogP contribution in [0.25, 0.3) is 0 Å². The molecule has 0 aliphatic rings. The lowest BCUT2D eigenvalue weighted by Crippen LogP contribution is -2.03. The predicted octanol–water partition coefficient (Wildman–Crippen LogP) is 1.01. The van der Waals surface area contributed by atoms with E-state index < -0.39 is 27.9 Å². The number of aromatic hydroxyl groups is 1. The number of aromatic carboxylic acids is 1. The van der Waals surface area contributed by atoms with E-state index in [-0.39, 0.29) is 5.75 Å². The Labute approximate surface area is 83.7 Å². The maximum absolute atomic E-state index is 10.7. The molecule has 80 valence electrons. The zero-order valence-corrected chi connectivity index (χ0v) is 7.63. The molecule has 7 nitrogen and oxygen atoms in total. The van der Waals surface area contributed by atoms with Gasteiger partial charge in [-0.2, -0.15) is 0 Å². The largest absolute Gasteiger partial charge is 0.504 e. The van der Waals surface area contributed by atoms with Gasteiger partial charge in [0.15, 0.2) is 11.5 Å². The predicted molar refractivity (Wildman–Crippen MR) is 48.3 cm³/mol. The molecular weight excluding hydrogens is 206 g/mol. The fourth-order valence-electron chi connectivity index (χ4n) is 1.04. The quantitative estimate of drug-likeness (QED) is 0.572. The monoisotopic (exact) mass is 213 g/mol. The second-order valence-electron chi connectivity index (χ2n) is 2.60. The second-order valence-corrected chi connectivity index (χ2v) is 2.60. The lowest BCUT2D eigenvalue weighted by Gasteiger charge is -2.04. The summed E-state index contributed by atoms with van der Waals surface area (Å²) in [5.41, 5.74) is -1.21. The topological polar surface area (TPSA) is 110 Å². The van der Waals surface area contributed by atoms with Gasteiger partial charge in [-0.1, -0.05) is 0 Å². The molecule has 0 atom stereocenters. The number of nitrogens with zero attached hydrogens (tertiary/aromatic N) is 1. The van der Waals surface area contributed by atoms with Crippen LogP contribution in [0.5, 0.6) is 11.5 Å². The van der Waals surface area contributed by atoms with Gasteiger partial charge in [0, 0.05) is 6.07 Å². The molecule has 7 heteroatoms. The second kappa shape index (κ2) is 3.82. The Hall–Kier alpha value is -2.31. The summed E-state index contributed by atoms with van der Waals surface area (Å²) in [7, 11) is 1.21. The summed E-state index contributed by atoms with van der Waals surface area (Å²) >= 11 is 0. The van der Waals surface area contributed by atoms with Crippen molar-refractivity contribution in [3.05, 3.63) is 27.8 Å². The van der Waals surface area contributed by atoms with Gasteiger partial charge in [0.05, 0.1) is 18.1 Å². The minimum atomic E-state index is -1.46. The third-order valence-corrected chi connectivity index (χ3v) is 1.72. The lowest BCUT2D eigenvalue weighted by molar-refractivity contribution is -0.385. The maximum atomic E-state index is 10.7. The molecule has 1 aromatic rings. The standard InChI is InChI=1S/C8H7NO6/c1-15-7-2-4(8(11)12)5(9(13)14)3-6(7)10/h2-3,10H,1H3,(H,11,12). The summed E-state index contributed by atoms with van der Waals surface area (Å²) in [6, 6.07) is 1.64. The summed E-state index contributed by atoms with van der Waals surface area (Å²) in [6.07, 6.45) is 0. The molecule has 2 N–H and O–H groups in total. The first-order valence-corrected chi connectivity index (χ1v) is 3.76. The number of carbonyl (C=O) groups is 1. The number of benzene rings is 1. The number of carboxylic acid groups (broad SMARTS) is 1. The average molecular weight is 213 g/mol. The number of phenols is 1. The molecule has 0 amide bonds. The number of ether oxygens (including phenoxy) is 1. The van der Waals surface area contributed by atoms with Gasteiger partial charge in [0.25, 0.3) is 5.69 Å². The fraction of sp³-hybridized carbons (Fsp3) is 0.125. The first-order valence-electron chi connectivity index (χ1n) is 3.76. The molecule has 0 unspecified atom stereocenters. The van der Waals surface area contributed by atoms with E-state index in [1.165, 1.54) is 7.11 Å². The van der Waals surface area contributed by atoms with E-state index in [1.54, 1.807) is 0 Å². The lowest BCUT2D eigenvalue weighted by atomic mass is 10.1. The number of nitro groups is 1. The van der Waals surface area contributed by atoms with Crippen molar-refractivity contribution in [2.75, 3.05) is 7.11 Å². The van der Waals surface area contributed by atoms with Gasteiger partial charge >= 0.3 is 5.97 Å². The molecule has 0 saturated heterocycles. The Kier molecular flexibility index (Phi) is 2.75. The first kappa shape index (κ1) is 10.8. The van der Waals surface area contributed by atoms with Crippen LogP contribution in [0.1, 0.15) is 10.4 Å². The summed E-state index contributed by atoms with van der Waals surface area (Å²) in [4.78, 5) is 20.2. The SMILES string of the molecule is COc1cc(C(=O)O)c([N+](=O)[O-])cc1O. The Morgan fingerprint density at radius 2 is 2.13 bits per heavy atom. The number of hydrogen-bond acceptors (Lipinski definition) is 5. The average Bonchev–Trinajstić information content (AvgIpc) is 2.16. The van der Waals surface area contributed by atoms with Crippen LogP contribution in [0.15, 0.2) is 12.1 Å². The molecular formula is C8H7NO6. The van der Waals surface area contributed by atoms with E-state index in [4.69, 9.17) is 5.11 Å². The summed E-state index contributed by atoms with van der Waals surface area (Å²) in [5.74, 6) is -2.06. The van der Waals surface area contributed by atoms with Crippen LogP contribution in [0.4, 0.5) is 5.69 Å². The van der Waals surface area contributed by atoms with Crippen molar-refractivity contribution >= 4 is 11.7 Å². The fourth-order valence-corrected chi connectivity index (χ4v) is 1.04. The molecule has 1 rings (SSSR count). The van der Waals surface area contributed by atoms with Crippen LogP contribution in [0.3, 0.4) is 0 Å². The van der Waals surface area contributed by atoms with Gasteiger partial charge in [0.2, 0.25) is 0 Å². The van der Waals surface area contributed by atoms with Crippen molar-refractivity contribution in [2.45, 2.75) is 0 Å². The Balaban J connectivity index is 3.45. The highest BCUT2D eigenvalue weighted by Gasteiger charge is 2.23. The van der Waals surface area contributed by atoms with Crippen molar-refractivity contribution in [1.29, 1.82) is 0 Å². The number of phenolic OH excluding ortho intramolecular Hbond substituents is 1. The molecule has 0 spiro atoms. The molecule has 15 heavy (non-hydrogen) atoms. The van der Waals surface area contributed by atoms with Gasteiger partial charge < -0.3 is 14.9 Å². The Bertz CT molecular complexity index is 427. The Morgan fingerprint density at radius 1 is 1.53 bits per heavy atom. The van der Waals surface area contributed by atoms with Crippen molar-refractivity contribution in [1.82, 2.24) is 0 Å². The molecule has 0 bridgehead atoms. The van der Waals surface area contributed by atoms with Crippen LogP contribution in [0, 0.1) is 10.1 Å². The molecule has 0 aliphatic heterocycles. The molecule has 0 saturated carbocycles. The van der Waals surface area contributed by atoms with E-state index in [2.05, 4.69) is 4.74 Å². The normalized spacial score (nSPS) is 9.67. The van der Waals surface area contributed by atoms with E-state index >= 15 is 0 Å². The number of rotatable bonds is 3. The van der Waals surface area contributed by atoms with Crippen LogP contribution < -0.4 is 4.74 Å². The number of methoxy groups -OCH3 is 1. The van der Waals surface area contributed by atoms with Crippen molar-refractivity contribution in [3.8, 4) is 11.5 Å². The number of carboxylic acids is 1. The van der Waals surface area contributed by atoms with Crippen LogP contribution in [-0.2, 0) is 0 Å². The van der Waals surface area contributed by atoms with E-state index in [0.29, 0.717) is 0 Å². The third-order valence-electron chi connectivity index (χ3n) is 1.72. The smallest absolute Gasteiger partial charge is 0.342 e. The van der Waals surface area contributed by atoms with Gasteiger partial charge in [0.1, 0.15) is 5.56 Å². The summed E-state index contributed by atoms with van der Waals surface area (Å²) < 4.78 is 4.63. The van der Waals surface area contributed by atoms with E-state index in [9.17, 15) is 20.0 Å². The molecule has 0 radical (unpaired) electrons. The highest BCUT2D eigenvalue weighted by Crippen LogP contribution is 2.33. The van der Waals surface area contributed by atoms with Crippen molar-refractivity contribution < 1.29 is 24.7 Å². The molecule has 0 aromatic heterocycles. The van der Waals surface area contributed by atoms with Crippen LogP contribution in [-0.4, -0.2) is 28.2 Å². The van der Waals surface area contributed by atoms with Gasteiger partial charge in [-0.05, 0) is 0 Å². The zero-order valence-electron chi connectivity index (χ0n) is 7.63. The molecule has 1 aromatic carbocycles. The minimum absolute atomic E-state index is 0.127. The zero-order chi connectivity index (χ0) is 11.6. The highest BCUT2D eigenvalue weighted by molar-refractivity contribution is 5.93. The first-order chi connectivity index (χ1) is 6.97. The number of hydrogen-bond donors (Lipinski definition) is 2. The third kappa shape index (κ3) is 1.96. The van der Waals surface area contributed by atoms with Gasteiger partial charge in [-0.3, -0.25) is 10.1 Å². The highest BCUT2D eigenvalue weighted by atomic mass is 16.6. The number of nitro benzene ring substituents is 1. The van der Waals surface area contributed by atoms with Crippen LogP contribution in [0.2, 0.25) is 0 Å². The van der Waals surface area contributed by atoms with E-state index in [1.807, 2.05) is 0 Å². The van der Waals surface area contributed by atoms with Crippen LogP contribution >= 0.6 is 0 Å². The molecule has 0 aliphatic carbocycles. The maximum Gasteiger partial charge on any atom is 0.342 e. The Morgan fingerprint density at radius 3 is 2.53 bits per heavy atom. The minimum Gasteiger partial charge on any atom is -0.504 e. The van der Waals surface area contributed by atoms with Gasteiger partial charge in [-0.15, -0.1) is 0 Å². The van der Waals surface area contributed by atoms with Crippen molar-refractivity contribution in [3.63, 3.8) is 0 Å². The van der Waals surface area contributed by atoms with Gasteiger partial charge in [-0.25, -0.2) is 4.79 Å². The summed E-state index contributed by atoms with van der Waals surface area (Å²) in [6.45, 7) is 0. The van der Waals surface area contributed by atoms with Crippen molar-refractivity contribution in [2.24, 2.45) is 0 Å². The molecule has 0 heterocycles. The van der Waals surface area contributed by atoms with E-state index in [0.717, 1.165) is 12.1 Å². The molecule has 0 fully saturated rings. The summed E-state index contributed by atoms with van der Waals surface area (Å²) in [5, 5.41) is 28.4.